The lowest BCUT2D eigenvalue weighted by molar-refractivity contribution is 0.0368. The molecule has 0 saturated carbocycles. The first-order valence-corrected chi connectivity index (χ1v) is 9.92. The van der Waals surface area contributed by atoms with E-state index in [9.17, 15) is 4.79 Å². The standard InChI is InChI=1S/C22H26N4O2/c1-3-17-6-7-21-19(13-17)20(12-16(2)24-21)22(27)25-9-5-11-28-18(14-25)15-26-10-4-8-23-26/h4,6-8,10,12-13,18H,3,5,9,11,14-15H2,1-2H3. The molecule has 4 rings (SSSR count). The van der Waals surface area contributed by atoms with Crippen LogP contribution in [-0.2, 0) is 17.7 Å². The molecule has 0 aliphatic carbocycles. The predicted molar refractivity (Wildman–Crippen MR) is 108 cm³/mol. The van der Waals surface area contributed by atoms with Crippen LogP contribution in [0.2, 0.25) is 0 Å². The van der Waals surface area contributed by atoms with Gasteiger partial charge in [0.25, 0.3) is 5.91 Å². The lowest BCUT2D eigenvalue weighted by Gasteiger charge is -2.25. The topological polar surface area (TPSA) is 60.3 Å². The quantitative estimate of drug-likeness (QED) is 0.699. The first-order chi connectivity index (χ1) is 13.6. The number of aryl methyl sites for hydroxylation is 2. The summed E-state index contributed by atoms with van der Waals surface area (Å²) in [6.07, 6.45) is 5.39. The third kappa shape index (κ3) is 3.92. The average molecular weight is 378 g/mol. The second-order valence-electron chi connectivity index (χ2n) is 7.34. The average Bonchev–Trinajstić information content (AvgIpc) is 3.10. The maximum atomic E-state index is 13.5. The van der Waals surface area contributed by atoms with E-state index in [0.29, 0.717) is 26.2 Å². The van der Waals surface area contributed by atoms with Crippen molar-refractivity contribution >= 4 is 16.8 Å². The molecule has 1 aliphatic heterocycles. The zero-order chi connectivity index (χ0) is 19.5. The van der Waals surface area contributed by atoms with Gasteiger partial charge in [0, 0.05) is 43.2 Å². The van der Waals surface area contributed by atoms with E-state index in [0.717, 1.165) is 35.0 Å². The first kappa shape index (κ1) is 18.6. The summed E-state index contributed by atoms with van der Waals surface area (Å²) >= 11 is 0. The summed E-state index contributed by atoms with van der Waals surface area (Å²) in [4.78, 5) is 20.0. The fourth-order valence-corrected chi connectivity index (χ4v) is 3.78. The first-order valence-electron chi connectivity index (χ1n) is 9.92. The van der Waals surface area contributed by atoms with Crippen molar-refractivity contribution in [3.63, 3.8) is 0 Å². The number of aromatic nitrogens is 3. The molecule has 6 heteroatoms. The Balaban J connectivity index is 1.63. The third-order valence-corrected chi connectivity index (χ3v) is 5.23. The molecule has 3 heterocycles. The molecule has 1 amide bonds. The van der Waals surface area contributed by atoms with Gasteiger partial charge >= 0.3 is 0 Å². The van der Waals surface area contributed by atoms with Gasteiger partial charge in [-0.3, -0.25) is 14.5 Å². The number of fused-ring (bicyclic) bond motifs is 1. The van der Waals surface area contributed by atoms with Crippen LogP contribution in [0.4, 0.5) is 0 Å². The monoisotopic (exact) mass is 378 g/mol. The Morgan fingerprint density at radius 2 is 2.21 bits per heavy atom. The fraction of sp³-hybridized carbons (Fsp3) is 0.409. The van der Waals surface area contributed by atoms with Crippen LogP contribution in [0.3, 0.4) is 0 Å². The van der Waals surface area contributed by atoms with Crippen molar-refractivity contribution in [3.05, 3.63) is 59.5 Å². The summed E-state index contributed by atoms with van der Waals surface area (Å²) in [7, 11) is 0. The molecule has 146 valence electrons. The molecule has 1 saturated heterocycles. The molecule has 0 bridgehead atoms. The molecule has 1 unspecified atom stereocenters. The van der Waals surface area contributed by atoms with Gasteiger partial charge in [-0.15, -0.1) is 0 Å². The Labute approximate surface area is 165 Å². The fourth-order valence-electron chi connectivity index (χ4n) is 3.78. The molecule has 1 atom stereocenters. The van der Waals surface area contributed by atoms with E-state index in [-0.39, 0.29) is 12.0 Å². The molecule has 0 spiro atoms. The number of nitrogens with zero attached hydrogens (tertiary/aromatic N) is 4. The van der Waals surface area contributed by atoms with Gasteiger partial charge in [-0.2, -0.15) is 5.10 Å². The number of amides is 1. The Kier molecular flexibility index (Phi) is 5.39. The van der Waals surface area contributed by atoms with Crippen LogP contribution < -0.4 is 0 Å². The smallest absolute Gasteiger partial charge is 0.254 e. The normalized spacial score (nSPS) is 17.6. The second-order valence-corrected chi connectivity index (χ2v) is 7.34. The van der Waals surface area contributed by atoms with E-state index in [1.54, 1.807) is 6.20 Å². The second kappa shape index (κ2) is 8.10. The highest BCUT2D eigenvalue weighted by Gasteiger charge is 2.25. The summed E-state index contributed by atoms with van der Waals surface area (Å²) < 4.78 is 7.83. The number of pyridine rings is 1. The molecule has 0 N–H and O–H groups in total. The summed E-state index contributed by atoms with van der Waals surface area (Å²) in [6.45, 7) is 6.63. The van der Waals surface area contributed by atoms with Gasteiger partial charge in [0.15, 0.2) is 0 Å². The van der Waals surface area contributed by atoms with Crippen molar-refractivity contribution in [3.8, 4) is 0 Å². The summed E-state index contributed by atoms with van der Waals surface area (Å²) in [5, 5.41) is 5.20. The molecule has 1 aromatic carbocycles. The minimum atomic E-state index is -0.0632. The van der Waals surface area contributed by atoms with Crippen molar-refractivity contribution in [2.75, 3.05) is 19.7 Å². The number of carbonyl (C=O) groups is 1. The molecular weight excluding hydrogens is 352 g/mol. The Hall–Kier alpha value is -2.73. The molecule has 2 aromatic heterocycles. The number of hydrogen-bond acceptors (Lipinski definition) is 4. The number of hydrogen-bond donors (Lipinski definition) is 0. The van der Waals surface area contributed by atoms with E-state index in [1.807, 2.05) is 40.9 Å². The lowest BCUT2D eigenvalue weighted by Crippen LogP contribution is -2.38. The van der Waals surface area contributed by atoms with Crippen molar-refractivity contribution in [2.24, 2.45) is 0 Å². The largest absolute Gasteiger partial charge is 0.374 e. The number of carbonyl (C=O) groups excluding carboxylic acids is 1. The summed E-state index contributed by atoms with van der Waals surface area (Å²) in [6, 6.07) is 10.0. The highest BCUT2D eigenvalue weighted by atomic mass is 16.5. The molecule has 28 heavy (non-hydrogen) atoms. The maximum Gasteiger partial charge on any atom is 0.254 e. The van der Waals surface area contributed by atoms with E-state index < -0.39 is 0 Å². The Bertz CT molecular complexity index is 968. The van der Waals surface area contributed by atoms with Crippen LogP contribution in [0, 0.1) is 6.92 Å². The van der Waals surface area contributed by atoms with Crippen LogP contribution in [0.15, 0.2) is 42.7 Å². The van der Waals surface area contributed by atoms with Gasteiger partial charge in [0.05, 0.1) is 23.7 Å². The van der Waals surface area contributed by atoms with Crippen molar-refractivity contribution in [1.29, 1.82) is 0 Å². The SMILES string of the molecule is CCc1ccc2nc(C)cc(C(=O)N3CCCOC(Cn4cccn4)C3)c2c1. The molecule has 3 aromatic rings. The van der Waals surface area contributed by atoms with E-state index in [4.69, 9.17) is 4.74 Å². The molecule has 6 nitrogen and oxygen atoms in total. The van der Waals surface area contributed by atoms with Gasteiger partial charge in [-0.25, -0.2) is 0 Å². The van der Waals surface area contributed by atoms with Crippen LogP contribution >= 0.6 is 0 Å². The number of benzene rings is 1. The predicted octanol–water partition coefficient (Wildman–Crippen LogP) is 3.23. The Morgan fingerprint density at radius 1 is 1.32 bits per heavy atom. The van der Waals surface area contributed by atoms with Gasteiger partial charge < -0.3 is 9.64 Å². The van der Waals surface area contributed by atoms with Crippen LogP contribution in [0.1, 0.15) is 35.0 Å². The highest BCUT2D eigenvalue weighted by molar-refractivity contribution is 6.06. The summed E-state index contributed by atoms with van der Waals surface area (Å²) in [5.74, 6) is 0.0553. The summed E-state index contributed by atoms with van der Waals surface area (Å²) in [5.41, 5.74) is 3.68. The number of rotatable bonds is 4. The minimum Gasteiger partial charge on any atom is -0.374 e. The van der Waals surface area contributed by atoms with Crippen LogP contribution in [-0.4, -0.2) is 51.4 Å². The highest BCUT2D eigenvalue weighted by Crippen LogP contribution is 2.23. The van der Waals surface area contributed by atoms with Crippen LogP contribution in [0.5, 0.6) is 0 Å². The van der Waals surface area contributed by atoms with E-state index in [2.05, 4.69) is 29.1 Å². The molecule has 0 radical (unpaired) electrons. The molecular formula is C22H26N4O2. The van der Waals surface area contributed by atoms with Crippen molar-refractivity contribution < 1.29 is 9.53 Å². The third-order valence-electron chi connectivity index (χ3n) is 5.23. The molecule has 1 aliphatic rings. The Morgan fingerprint density at radius 3 is 3.00 bits per heavy atom. The number of ether oxygens (including phenoxy) is 1. The van der Waals surface area contributed by atoms with Crippen molar-refractivity contribution in [1.82, 2.24) is 19.7 Å². The maximum absolute atomic E-state index is 13.5. The molecule has 1 fully saturated rings. The zero-order valence-electron chi connectivity index (χ0n) is 16.5. The minimum absolute atomic E-state index is 0.0553. The van der Waals surface area contributed by atoms with Crippen molar-refractivity contribution in [2.45, 2.75) is 39.3 Å². The lowest BCUT2D eigenvalue weighted by atomic mass is 10.0. The van der Waals surface area contributed by atoms with Gasteiger partial charge in [0.2, 0.25) is 0 Å². The zero-order valence-corrected chi connectivity index (χ0v) is 16.5. The van der Waals surface area contributed by atoms with Gasteiger partial charge in [0.1, 0.15) is 0 Å². The van der Waals surface area contributed by atoms with Crippen LogP contribution in [0.25, 0.3) is 10.9 Å². The van der Waals surface area contributed by atoms with E-state index in [1.165, 1.54) is 5.56 Å². The van der Waals surface area contributed by atoms with Gasteiger partial charge in [-0.1, -0.05) is 13.0 Å². The van der Waals surface area contributed by atoms with Gasteiger partial charge in [-0.05, 0) is 49.6 Å². The van der Waals surface area contributed by atoms with E-state index >= 15 is 0 Å².